The van der Waals surface area contributed by atoms with E-state index in [0.717, 1.165) is 28.7 Å². The second kappa shape index (κ2) is 14.6. The van der Waals surface area contributed by atoms with E-state index < -0.39 is 17.3 Å². The third-order valence-corrected chi connectivity index (χ3v) is 9.28. The van der Waals surface area contributed by atoms with Crippen LogP contribution in [-0.2, 0) is 26.3 Å². The predicted octanol–water partition coefficient (Wildman–Crippen LogP) is 3.91. The summed E-state index contributed by atoms with van der Waals surface area (Å²) in [5, 5.41) is 36.8. The third-order valence-electron chi connectivity index (χ3n) is 8.97. The summed E-state index contributed by atoms with van der Waals surface area (Å²) in [4.78, 5) is 15.6. The molecule has 0 bridgehead atoms. The van der Waals surface area contributed by atoms with Crippen LogP contribution in [0.4, 0.5) is 0 Å². The molecule has 1 heterocycles. The molecule has 4 N–H and O–H groups in total. The Bertz CT molecular complexity index is 1180. The van der Waals surface area contributed by atoms with E-state index in [0.29, 0.717) is 63.4 Å². The van der Waals surface area contributed by atoms with Crippen LogP contribution in [0, 0.1) is 5.92 Å². The number of hydrogen-bond acceptors (Lipinski definition) is 7. The molecule has 2 fully saturated rings. The van der Waals surface area contributed by atoms with Gasteiger partial charge < -0.3 is 35.0 Å². The highest BCUT2D eigenvalue weighted by Crippen LogP contribution is 2.45. The highest BCUT2D eigenvalue weighted by molar-refractivity contribution is 6.33. The van der Waals surface area contributed by atoms with Crippen LogP contribution in [0.3, 0.4) is 0 Å². The van der Waals surface area contributed by atoms with Crippen molar-refractivity contribution in [3.05, 3.63) is 58.6 Å². The lowest BCUT2D eigenvalue weighted by molar-refractivity contribution is -0.168. The number of halogens is 1. The number of methoxy groups -OCH3 is 1. The number of nitrogens with one attached hydrogen (secondary N) is 1. The molecule has 232 valence electrons. The van der Waals surface area contributed by atoms with E-state index in [1.54, 1.807) is 18.9 Å². The summed E-state index contributed by atoms with van der Waals surface area (Å²) in [6.07, 6.45) is 2.74. The van der Waals surface area contributed by atoms with Crippen LogP contribution in [0.1, 0.15) is 57.1 Å². The van der Waals surface area contributed by atoms with Gasteiger partial charge in [0.1, 0.15) is 11.7 Å². The maximum Gasteiger partial charge on any atom is 0.226 e. The van der Waals surface area contributed by atoms with E-state index in [-0.39, 0.29) is 31.0 Å². The van der Waals surface area contributed by atoms with Gasteiger partial charge in [0, 0.05) is 49.4 Å². The molecule has 5 atom stereocenters. The van der Waals surface area contributed by atoms with Crippen LogP contribution >= 0.6 is 11.6 Å². The van der Waals surface area contributed by atoms with Crippen LogP contribution < -0.4 is 5.32 Å². The Hall–Kier alpha value is -2.04. The second-order valence-corrected chi connectivity index (χ2v) is 12.3. The zero-order valence-corrected chi connectivity index (χ0v) is 25.9. The van der Waals surface area contributed by atoms with Gasteiger partial charge >= 0.3 is 0 Å². The molecule has 0 spiro atoms. The van der Waals surface area contributed by atoms with Gasteiger partial charge in [-0.3, -0.25) is 4.79 Å². The van der Waals surface area contributed by atoms with Crippen molar-refractivity contribution in [1.29, 1.82) is 0 Å². The summed E-state index contributed by atoms with van der Waals surface area (Å²) >= 11 is 6.88. The number of amides is 1. The lowest BCUT2D eigenvalue weighted by atomic mass is 9.76. The van der Waals surface area contributed by atoms with Gasteiger partial charge in [0.05, 0.1) is 25.4 Å². The van der Waals surface area contributed by atoms with Gasteiger partial charge in [-0.1, -0.05) is 54.9 Å². The van der Waals surface area contributed by atoms with Gasteiger partial charge in [-0.25, -0.2) is 0 Å². The molecule has 5 unspecified atom stereocenters. The molecular formula is C33H47ClN2O6. The molecular weight excluding hydrogens is 556 g/mol. The summed E-state index contributed by atoms with van der Waals surface area (Å²) in [6, 6.07) is 13.5. The minimum atomic E-state index is -1.42. The number of unbranched alkanes of at least 4 members (excludes halogenated alkanes) is 1. The van der Waals surface area contributed by atoms with Crippen molar-refractivity contribution < 1.29 is 29.6 Å². The fourth-order valence-electron chi connectivity index (χ4n) is 6.77. The lowest BCUT2D eigenvalue weighted by Crippen LogP contribution is -2.55. The van der Waals surface area contributed by atoms with Crippen molar-refractivity contribution in [3.8, 4) is 11.1 Å². The number of aryl methyl sites for hydroxylation is 1. The fraction of sp³-hybridized carbons (Fsp3) is 0.606. The van der Waals surface area contributed by atoms with Crippen molar-refractivity contribution in [1.82, 2.24) is 10.2 Å². The van der Waals surface area contributed by atoms with E-state index in [2.05, 4.69) is 12.2 Å². The Morgan fingerprint density at radius 2 is 2.00 bits per heavy atom. The van der Waals surface area contributed by atoms with E-state index in [1.165, 1.54) is 0 Å². The smallest absolute Gasteiger partial charge is 0.226 e. The third kappa shape index (κ3) is 7.18. The number of benzene rings is 2. The molecule has 1 saturated heterocycles. The molecule has 1 amide bonds. The molecule has 4 rings (SSSR count). The number of morpholine rings is 1. The number of nitrogens with zero attached hydrogens (tertiary/aromatic N) is 1. The van der Waals surface area contributed by atoms with Crippen LogP contribution in [0.2, 0.25) is 5.02 Å². The number of carbonyl (C=O) groups excluding carboxylic acids is 1. The minimum absolute atomic E-state index is 0.0342. The van der Waals surface area contributed by atoms with Gasteiger partial charge in [0.2, 0.25) is 5.91 Å². The van der Waals surface area contributed by atoms with Crippen LogP contribution in [0.25, 0.3) is 11.1 Å². The van der Waals surface area contributed by atoms with Crippen molar-refractivity contribution >= 4 is 17.5 Å². The summed E-state index contributed by atoms with van der Waals surface area (Å²) < 4.78 is 11.6. The van der Waals surface area contributed by atoms with Gasteiger partial charge in [0.25, 0.3) is 0 Å². The number of hydrogen-bond donors (Lipinski definition) is 4. The molecule has 8 nitrogen and oxygen atoms in total. The highest BCUT2D eigenvalue weighted by Gasteiger charge is 2.49. The Morgan fingerprint density at radius 3 is 2.69 bits per heavy atom. The SMILES string of the molecule is CCc1ccc(Cl)c(-c2ccccc2)c1C(O)(CCCCOC)C1CN(C(=O)C2CC(NCCO)C(C)(O)C2)CCO1. The van der Waals surface area contributed by atoms with Crippen LogP contribution in [-0.4, -0.2) is 90.4 Å². The quantitative estimate of drug-likeness (QED) is 0.257. The van der Waals surface area contributed by atoms with Crippen LogP contribution in [0.5, 0.6) is 0 Å². The normalized spacial score (nSPS) is 25.9. The van der Waals surface area contributed by atoms with Gasteiger partial charge in [0.15, 0.2) is 0 Å². The molecule has 2 aromatic carbocycles. The number of carbonyl (C=O) groups is 1. The van der Waals surface area contributed by atoms with E-state index in [4.69, 9.17) is 21.1 Å². The van der Waals surface area contributed by atoms with E-state index in [1.807, 2.05) is 42.5 Å². The van der Waals surface area contributed by atoms with Crippen molar-refractivity contribution in [2.24, 2.45) is 5.92 Å². The van der Waals surface area contributed by atoms with Gasteiger partial charge in [-0.2, -0.15) is 0 Å². The summed E-state index contributed by atoms with van der Waals surface area (Å²) in [5.74, 6) is -0.398. The van der Waals surface area contributed by atoms with Crippen molar-refractivity contribution in [3.63, 3.8) is 0 Å². The Kier molecular flexibility index (Phi) is 11.4. The van der Waals surface area contributed by atoms with E-state index >= 15 is 0 Å². The number of aliphatic hydroxyl groups excluding tert-OH is 1. The first kappa shape index (κ1) is 32.9. The predicted molar refractivity (Wildman–Crippen MR) is 164 cm³/mol. The van der Waals surface area contributed by atoms with Gasteiger partial charge in [-0.15, -0.1) is 0 Å². The fourth-order valence-corrected chi connectivity index (χ4v) is 7.04. The minimum Gasteiger partial charge on any atom is -0.395 e. The average Bonchev–Trinajstić information content (AvgIpc) is 3.31. The first-order valence-electron chi connectivity index (χ1n) is 15.2. The molecule has 1 aliphatic carbocycles. The second-order valence-electron chi connectivity index (χ2n) is 11.9. The van der Waals surface area contributed by atoms with Crippen molar-refractivity contribution in [2.45, 2.75) is 75.7 Å². The van der Waals surface area contributed by atoms with Crippen molar-refractivity contribution in [2.75, 3.05) is 46.6 Å². The Balaban J connectivity index is 1.68. The van der Waals surface area contributed by atoms with Gasteiger partial charge in [-0.05, 0) is 68.2 Å². The number of rotatable bonds is 13. The molecule has 9 heteroatoms. The molecule has 2 aromatic rings. The first-order valence-corrected chi connectivity index (χ1v) is 15.6. The zero-order valence-electron chi connectivity index (χ0n) is 25.2. The number of ether oxygens (including phenoxy) is 2. The molecule has 42 heavy (non-hydrogen) atoms. The molecule has 2 aliphatic rings. The molecule has 0 aromatic heterocycles. The van der Waals surface area contributed by atoms with Crippen LogP contribution in [0.15, 0.2) is 42.5 Å². The largest absolute Gasteiger partial charge is 0.395 e. The van der Waals surface area contributed by atoms with E-state index in [9.17, 15) is 20.1 Å². The monoisotopic (exact) mass is 602 g/mol. The topological polar surface area (TPSA) is 111 Å². The summed E-state index contributed by atoms with van der Waals surface area (Å²) in [6.45, 7) is 5.68. The molecule has 1 saturated carbocycles. The zero-order chi connectivity index (χ0) is 30.3. The highest BCUT2D eigenvalue weighted by atomic mass is 35.5. The Labute approximate surface area is 255 Å². The average molecular weight is 603 g/mol. The number of aliphatic hydroxyl groups is 3. The maximum atomic E-state index is 13.8. The lowest BCUT2D eigenvalue weighted by Gasteiger charge is -2.44. The summed E-state index contributed by atoms with van der Waals surface area (Å²) in [5.41, 5.74) is 0.996. The Morgan fingerprint density at radius 1 is 1.24 bits per heavy atom. The standard InChI is InChI=1S/C33H47ClN2O6/c1-4-23-12-13-26(34)29(24-10-6-5-7-11-24)30(23)33(40,14-8-9-18-41-3)28-22-36(16-19-42-28)31(38)25-20-27(35-15-17-37)32(2,39)21-25/h5-7,10-13,25,27-28,35,37,39-40H,4,8-9,14-22H2,1-3H3. The molecule has 0 radical (unpaired) electrons. The summed E-state index contributed by atoms with van der Waals surface area (Å²) in [7, 11) is 1.67. The first-order chi connectivity index (χ1) is 20.2. The maximum absolute atomic E-state index is 13.8. The molecule has 1 aliphatic heterocycles.